The normalized spacial score (nSPS) is 11.5. The second kappa shape index (κ2) is 19.7. The number of oxime groups is 2. The predicted molar refractivity (Wildman–Crippen MR) is 241 cm³/mol. The van der Waals surface area contributed by atoms with Crippen molar-refractivity contribution in [2.24, 2.45) is 24.4 Å². The van der Waals surface area contributed by atoms with Crippen LogP contribution in [0.1, 0.15) is 124 Å². The molecular weight excluding hydrogens is 801 g/mol. The van der Waals surface area contributed by atoms with E-state index < -0.39 is 11.5 Å². The number of thiazole rings is 2. The predicted octanol–water partition coefficient (Wildman–Crippen LogP) is 9.19. The van der Waals surface area contributed by atoms with Crippen molar-refractivity contribution in [2.75, 3.05) is 0 Å². The SMILES string of the molecule is C.C.Cc1nc(CON=C(c2c(C)c(C)c(C)c(C)c2C)c2noc(=O)n2C)c(C)s1.Cc1nc(CON=C(c2c(C)c(C)c(C)c(C)c2C)c2noc(=O)n2C)c(C)s1. The van der Waals surface area contributed by atoms with Crippen molar-refractivity contribution >= 4 is 34.1 Å². The van der Waals surface area contributed by atoms with E-state index in [9.17, 15) is 9.59 Å². The van der Waals surface area contributed by atoms with E-state index in [1.807, 2.05) is 55.4 Å². The van der Waals surface area contributed by atoms with Gasteiger partial charge in [0.1, 0.15) is 0 Å². The molecule has 0 atom stereocenters. The van der Waals surface area contributed by atoms with Crippen LogP contribution in [0.25, 0.3) is 0 Å². The van der Waals surface area contributed by atoms with Gasteiger partial charge in [0.2, 0.25) is 11.6 Å². The number of rotatable bonds is 10. The lowest BCUT2D eigenvalue weighted by molar-refractivity contribution is 0.127. The van der Waals surface area contributed by atoms with Crippen LogP contribution in [-0.2, 0) is 37.0 Å². The molecule has 60 heavy (non-hydrogen) atoms. The van der Waals surface area contributed by atoms with Crippen LogP contribution >= 0.6 is 22.7 Å². The Morgan fingerprint density at radius 1 is 0.517 bits per heavy atom. The van der Waals surface area contributed by atoms with Crippen molar-refractivity contribution in [1.29, 1.82) is 0 Å². The summed E-state index contributed by atoms with van der Waals surface area (Å²) in [6.07, 6.45) is 0. The van der Waals surface area contributed by atoms with Crippen LogP contribution in [-0.4, -0.2) is 40.8 Å². The van der Waals surface area contributed by atoms with E-state index in [0.29, 0.717) is 23.1 Å². The lowest BCUT2D eigenvalue weighted by Gasteiger charge is -2.19. The van der Waals surface area contributed by atoms with Crippen LogP contribution in [0, 0.1) is 96.9 Å². The zero-order valence-corrected chi connectivity index (χ0v) is 37.9. The number of benzene rings is 2. The number of aromatic nitrogens is 6. The molecule has 0 amide bonds. The molecule has 4 heterocycles. The minimum absolute atomic E-state index is 0. The molecule has 0 unspecified atom stereocenters. The number of nitrogens with zero attached hydrogens (tertiary/aromatic N) is 8. The van der Waals surface area contributed by atoms with E-state index >= 15 is 0 Å². The van der Waals surface area contributed by atoms with Gasteiger partial charge in [0.15, 0.2) is 24.6 Å². The number of hydrogen-bond acceptors (Lipinski definition) is 14. The molecule has 0 radical (unpaired) electrons. The fraction of sp³-hybridized carbons (Fsp3) is 0.455. The molecule has 16 heteroatoms. The Morgan fingerprint density at radius 2 is 0.800 bits per heavy atom. The highest BCUT2D eigenvalue weighted by molar-refractivity contribution is 7.11. The van der Waals surface area contributed by atoms with Crippen molar-refractivity contribution in [1.82, 2.24) is 29.4 Å². The quantitative estimate of drug-likeness (QED) is 0.0958. The molecule has 0 fully saturated rings. The Kier molecular flexibility index (Phi) is 16.1. The standard InChI is InChI=1S/2C21H26N4O3S.2CH4/c2*1-10-11(2)13(4)18(14(5)12(10)3)19(20-24-28-21(26)25(20)8)23-27-9-17-15(6)29-16(7)22-17;;/h2*9H2,1-8H3;2*1H4. The van der Waals surface area contributed by atoms with Crippen LogP contribution in [0.5, 0.6) is 0 Å². The molecule has 14 nitrogen and oxygen atoms in total. The average Bonchev–Trinajstić information content (AvgIpc) is 3.91. The summed E-state index contributed by atoms with van der Waals surface area (Å²) in [5.74, 6) is -0.436. The minimum Gasteiger partial charge on any atom is -0.389 e. The summed E-state index contributed by atoms with van der Waals surface area (Å²) in [5, 5.41) is 18.7. The Morgan fingerprint density at radius 3 is 1.03 bits per heavy atom. The zero-order chi connectivity index (χ0) is 42.9. The van der Waals surface area contributed by atoms with Gasteiger partial charge in [0.25, 0.3) is 0 Å². The molecule has 0 spiro atoms. The molecule has 0 saturated carbocycles. The van der Waals surface area contributed by atoms with Gasteiger partial charge in [-0.1, -0.05) is 35.5 Å². The third-order valence-corrected chi connectivity index (χ3v) is 13.1. The summed E-state index contributed by atoms with van der Waals surface area (Å²) in [6.45, 7) is 29.2. The van der Waals surface area contributed by atoms with Gasteiger partial charge >= 0.3 is 11.5 Å². The van der Waals surface area contributed by atoms with Crippen LogP contribution in [0.3, 0.4) is 0 Å². The van der Waals surface area contributed by atoms with E-state index in [4.69, 9.17) is 18.7 Å². The molecular formula is C44H60N8O6S2. The fourth-order valence-corrected chi connectivity index (χ4v) is 8.46. The van der Waals surface area contributed by atoms with Gasteiger partial charge in [0, 0.05) is 35.0 Å². The van der Waals surface area contributed by atoms with E-state index in [-0.39, 0.29) is 28.1 Å². The second-order valence-corrected chi connectivity index (χ2v) is 17.4. The molecule has 6 rings (SSSR count). The summed E-state index contributed by atoms with van der Waals surface area (Å²) in [6, 6.07) is 0. The maximum atomic E-state index is 11.9. The van der Waals surface area contributed by atoms with Crippen molar-refractivity contribution in [3.63, 3.8) is 0 Å². The van der Waals surface area contributed by atoms with Crippen molar-refractivity contribution in [3.8, 4) is 0 Å². The summed E-state index contributed by atoms with van der Waals surface area (Å²) in [4.78, 5) is 46.4. The molecule has 4 aromatic heterocycles. The van der Waals surface area contributed by atoms with Crippen molar-refractivity contribution in [3.05, 3.63) is 131 Å². The van der Waals surface area contributed by atoms with Gasteiger partial charge in [-0.25, -0.2) is 19.6 Å². The first-order chi connectivity index (χ1) is 27.3. The zero-order valence-electron chi connectivity index (χ0n) is 36.3. The summed E-state index contributed by atoms with van der Waals surface area (Å²) < 4.78 is 12.4. The molecule has 2 aromatic carbocycles. The highest BCUT2D eigenvalue weighted by atomic mass is 32.1. The molecule has 0 N–H and O–H groups in total. The summed E-state index contributed by atoms with van der Waals surface area (Å²) in [5.41, 5.74) is 16.0. The van der Waals surface area contributed by atoms with E-state index in [0.717, 1.165) is 64.5 Å². The first-order valence-electron chi connectivity index (χ1n) is 18.7. The monoisotopic (exact) mass is 860 g/mol. The van der Waals surface area contributed by atoms with E-state index in [1.165, 1.54) is 42.5 Å². The highest BCUT2D eigenvalue weighted by Crippen LogP contribution is 2.30. The maximum Gasteiger partial charge on any atom is 0.441 e. The molecule has 6 aromatic rings. The van der Waals surface area contributed by atoms with Gasteiger partial charge < -0.3 is 9.68 Å². The number of aryl methyl sites for hydroxylation is 4. The topological polar surface area (TPSA) is 165 Å². The molecule has 0 aliphatic carbocycles. The Labute approximate surface area is 361 Å². The van der Waals surface area contributed by atoms with Crippen molar-refractivity contribution < 1.29 is 18.7 Å². The van der Waals surface area contributed by atoms with Crippen LogP contribution in [0.2, 0.25) is 0 Å². The molecule has 324 valence electrons. The minimum atomic E-state index is -0.547. The van der Waals surface area contributed by atoms with Gasteiger partial charge in [-0.2, -0.15) is 0 Å². The lowest BCUT2D eigenvalue weighted by atomic mass is 9.87. The van der Waals surface area contributed by atoms with Gasteiger partial charge in [-0.15, -0.1) is 22.7 Å². The third kappa shape index (κ3) is 9.60. The Balaban J connectivity index is 0.000000310. The smallest absolute Gasteiger partial charge is 0.389 e. The third-order valence-electron chi connectivity index (χ3n) is 11.2. The Bertz CT molecular complexity index is 2460. The Hall–Kier alpha value is -5.48. The maximum absolute atomic E-state index is 11.9. The van der Waals surface area contributed by atoms with E-state index in [1.54, 1.807) is 36.8 Å². The van der Waals surface area contributed by atoms with Crippen molar-refractivity contribution in [2.45, 2.75) is 125 Å². The fourth-order valence-electron chi connectivity index (χ4n) is 6.82. The second-order valence-electron chi connectivity index (χ2n) is 14.6. The van der Waals surface area contributed by atoms with Crippen LogP contribution < -0.4 is 11.5 Å². The molecule has 0 saturated heterocycles. The highest BCUT2D eigenvalue weighted by Gasteiger charge is 2.26. The first-order valence-corrected chi connectivity index (χ1v) is 20.4. The summed E-state index contributed by atoms with van der Waals surface area (Å²) in [7, 11) is 3.21. The van der Waals surface area contributed by atoms with Gasteiger partial charge in [0.05, 0.1) is 21.4 Å². The summed E-state index contributed by atoms with van der Waals surface area (Å²) >= 11 is 3.25. The lowest BCUT2D eigenvalue weighted by Crippen LogP contribution is -2.20. The van der Waals surface area contributed by atoms with Gasteiger partial charge in [-0.05, 0) is 153 Å². The average molecular weight is 861 g/mol. The van der Waals surface area contributed by atoms with Crippen LogP contribution in [0.4, 0.5) is 0 Å². The first kappa shape index (κ1) is 48.9. The van der Waals surface area contributed by atoms with Gasteiger partial charge in [-0.3, -0.25) is 18.2 Å². The molecule has 0 bridgehead atoms. The molecule has 0 aliphatic heterocycles. The largest absolute Gasteiger partial charge is 0.441 e. The molecule has 0 aliphatic rings. The van der Waals surface area contributed by atoms with E-state index in [2.05, 4.69) is 72.1 Å². The van der Waals surface area contributed by atoms with Crippen LogP contribution in [0.15, 0.2) is 28.9 Å². The number of hydrogen-bond donors (Lipinski definition) is 0.